The van der Waals surface area contributed by atoms with E-state index in [1.807, 2.05) is 12.1 Å². The Morgan fingerprint density at radius 3 is 2.57 bits per heavy atom. The van der Waals surface area contributed by atoms with E-state index in [4.69, 9.17) is 32.2 Å². The van der Waals surface area contributed by atoms with Crippen molar-refractivity contribution in [3.8, 4) is 0 Å². The van der Waals surface area contributed by atoms with E-state index in [2.05, 4.69) is 39.2 Å². The number of alkyl halides is 3. The lowest BCUT2D eigenvalue weighted by atomic mass is 10.1. The Hall–Kier alpha value is -4.07. The van der Waals surface area contributed by atoms with Gasteiger partial charge in [-0.3, -0.25) is 10.2 Å². The summed E-state index contributed by atoms with van der Waals surface area (Å²) in [6.45, 7) is 7.87. The summed E-state index contributed by atoms with van der Waals surface area (Å²) >= 11 is 5.88. The molecule has 0 radical (unpaired) electrons. The number of halogens is 4. The van der Waals surface area contributed by atoms with Crippen LogP contribution in [0.25, 0.3) is 0 Å². The molecule has 2 heterocycles. The van der Waals surface area contributed by atoms with Crippen LogP contribution < -0.4 is 21.3 Å². The van der Waals surface area contributed by atoms with Gasteiger partial charge in [0.2, 0.25) is 5.88 Å². The van der Waals surface area contributed by atoms with E-state index in [1.165, 1.54) is 18.2 Å². The minimum absolute atomic E-state index is 0.0871. The molecule has 0 atom stereocenters. The number of carbonyl (C=O) groups excluding carboxylic acids is 1. The molecule has 0 spiro atoms. The van der Waals surface area contributed by atoms with Crippen LogP contribution in [-0.2, 0) is 22.3 Å². The first-order valence-corrected chi connectivity index (χ1v) is 15.2. The number of nitrogens with two attached hydrogens (primary N) is 1. The number of amides is 1. The van der Waals surface area contributed by atoms with Crippen LogP contribution in [0.3, 0.4) is 0 Å². The predicted molar refractivity (Wildman–Crippen MR) is 175 cm³/mol. The number of carbonyl (C=O) groups is 1. The van der Waals surface area contributed by atoms with E-state index in [0.29, 0.717) is 24.5 Å². The van der Waals surface area contributed by atoms with Crippen LogP contribution in [-0.4, -0.2) is 75.8 Å². The number of nitrogens with one attached hydrogen (secondary N) is 3. The van der Waals surface area contributed by atoms with Crippen LogP contribution in [0.2, 0.25) is 5.02 Å². The van der Waals surface area contributed by atoms with Crippen LogP contribution in [0.15, 0.2) is 65.1 Å². The van der Waals surface area contributed by atoms with Crippen molar-refractivity contribution >= 4 is 41.4 Å². The number of allylic oxidation sites excluding steroid dienone is 2. The Morgan fingerprint density at radius 2 is 1.89 bits per heavy atom. The van der Waals surface area contributed by atoms with Gasteiger partial charge in [0, 0.05) is 85.6 Å². The summed E-state index contributed by atoms with van der Waals surface area (Å²) in [5.41, 5.74) is 7.32. The highest BCUT2D eigenvalue weighted by Crippen LogP contribution is 2.34. The maximum absolute atomic E-state index is 13.4. The van der Waals surface area contributed by atoms with Crippen molar-refractivity contribution in [2.24, 2.45) is 10.7 Å². The summed E-state index contributed by atoms with van der Waals surface area (Å²) in [6, 6.07) is 9.04. The maximum Gasteiger partial charge on any atom is 0.416 e. The lowest BCUT2D eigenvalue weighted by Crippen LogP contribution is -2.44. The standard InChI is InChI=1S/C32H39ClF3N7O3/c1-39-30(46-20-21-17-22(33)3-7-27(21)32(34,35)36)8-4-23(37)18-29(38)41-31(44)26-6-5-25(43-13-11-42(2)12-14-43)19-28(26)40-24-9-15-45-16-10-24/h3-8,17,19,24,40H,1,9-16,18,20,37H2,2H3,(H2,38,41,44)/b23-4+,30-8+. The van der Waals surface area contributed by atoms with Crippen molar-refractivity contribution in [1.82, 2.24) is 10.2 Å². The Labute approximate surface area is 271 Å². The fraction of sp³-hybridized carbons (Fsp3) is 0.406. The Bertz CT molecular complexity index is 1470. The van der Waals surface area contributed by atoms with Crippen LogP contribution in [0.1, 0.15) is 40.7 Å². The largest absolute Gasteiger partial charge is 0.473 e. The second-order valence-corrected chi connectivity index (χ2v) is 11.6. The lowest BCUT2D eigenvalue weighted by molar-refractivity contribution is -0.138. The fourth-order valence-corrected chi connectivity index (χ4v) is 5.31. The highest BCUT2D eigenvalue weighted by molar-refractivity contribution is 6.30. The monoisotopic (exact) mass is 661 g/mol. The molecule has 2 saturated heterocycles. The molecule has 2 aromatic rings. The number of hydrogen-bond acceptors (Lipinski definition) is 9. The van der Waals surface area contributed by atoms with Gasteiger partial charge < -0.3 is 35.6 Å². The molecule has 0 bridgehead atoms. The predicted octanol–water partition coefficient (Wildman–Crippen LogP) is 5.40. The van der Waals surface area contributed by atoms with Crippen LogP contribution in [0.5, 0.6) is 0 Å². The summed E-state index contributed by atoms with van der Waals surface area (Å²) in [4.78, 5) is 21.6. The van der Waals surface area contributed by atoms with Gasteiger partial charge in [-0.15, -0.1) is 0 Å². The number of piperazine rings is 1. The number of nitrogens with zero attached hydrogens (tertiary/aromatic N) is 3. The molecule has 0 aliphatic carbocycles. The Balaban J connectivity index is 1.40. The van der Waals surface area contributed by atoms with Gasteiger partial charge in [-0.25, -0.2) is 4.99 Å². The minimum atomic E-state index is -4.59. The van der Waals surface area contributed by atoms with Gasteiger partial charge in [-0.2, -0.15) is 13.2 Å². The Morgan fingerprint density at radius 1 is 1.17 bits per heavy atom. The highest BCUT2D eigenvalue weighted by atomic mass is 35.5. The molecule has 2 aromatic carbocycles. The smallest absolute Gasteiger partial charge is 0.416 e. The van der Waals surface area contributed by atoms with Crippen molar-refractivity contribution in [1.29, 1.82) is 5.41 Å². The molecule has 46 heavy (non-hydrogen) atoms. The molecule has 2 aliphatic heterocycles. The van der Waals surface area contributed by atoms with Crippen LogP contribution in [0, 0.1) is 5.41 Å². The van der Waals surface area contributed by atoms with Gasteiger partial charge in [0.15, 0.2) is 0 Å². The van der Waals surface area contributed by atoms with Crippen molar-refractivity contribution in [2.45, 2.75) is 38.1 Å². The quantitative estimate of drug-likeness (QED) is 0.110. The number of aliphatic imine (C=N–C) groups is 1. The number of hydrogen-bond donors (Lipinski definition) is 4. The summed E-state index contributed by atoms with van der Waals surface area (Å²) in [5.74, 6) is -0.683. The molecular weight excluding hydrogens is 623 g/mol. The molecule has 0 aromatic heterocycles. The topological polar surface area (TPSA) is 128 Å². The molecule has 0 saturated carbocycles. The number of benzene rings is 2. The molecule has 2 aliphatic rings. The van der Waals surface area contributed by atoms with Gasteiger partial charge in [0.25, 0.3) is 5.91 Å². The van der Waals surface area contributed by atoms with Gasteiger partial charge in [0.1, 0.15) is 12.4 Å². The summed E-state index contributed by atoms with van der Waals surface area (Å²) in [5, 5.41) is 14.6. The van der Waals surface area contributed by atoms with E-state index in [1.54, 1.807) is 6.07 Å². The molecule has 248 valence electrons. The van der Waals surface area contributed by atoms with Gasteiger partial charge in [0.05, 0.1) is 11.1 Å². The molecule has 14 heteroatoms. The maximum atomic E-state index is 13.4. The number of rotatable bonds is 11. The molecule has 4 rings (SSSR count). The number of ether oxygens (including phenoxy) is 2. The third-order valence-corrected chi connectivity index (χ3v) is 7.92. The van der Waals surface area contributed by atoms with Crippen molar-refractivity contribution < 1.29 is 27.4 Å². The highest BCUT2D eigenvalue weighted by Gasteiger charge is 2.33. The minimum Gasteiger partial charge on any atom is -0.473 e. The van der Waals surface area contributed by atoms with E-state index >= 15 is 0 Å². The van der Waals surface area contributed by atoms with Gasteiger partial charge in [-0.05, 0) is 69.1 Å². The molecule has 5 N–H and O–H groups in total. The van der Waals surface area contributed by atoms with E-state index in [-0.39, 0.29) is 40.5 Å². The van der Waals surface area contributed by atoms with E-state index in [0.717, 1.165) is 56.8 Å². The molecule has 10 nitrogen and oxygen atoms in total. The second kappa shape index (κ2) is 16.0. The van der Waals surface area contributed by atoms with E-state index < -0.39 is 24.3 Å². The van der Waals surface area contributed by atoms with Crippen molar-refractivity contribution in [3.05, 3.63) is 81.8 Å². The molecule has 0 unspecified atom stereocenters. The first-order valence-electron chi connectivity index (χ1n) is 14.8. The first-order chi connectivity index (χ1) is 21.9. The van der Waals surface area contributed by atoms with Crippen LogP contribution >= 0.6 is 11.6 Å². The zero-order valence-corrected chi connectivity index (χ0v) is 26.4. The van der Waals surface area contributed by atoms with Crippen LogP contribution in [0.4, 0.5) is 24.5 Å². The SMILES string of the molecule is C=N/C(=C\C=C(\N)CC(=N)NC(=O)c1ccc(N2CCN(C)CC2)cc1NC1CCOCC1)OCc1cc(Cl)ccc1C(F)(F)F. The average molecular weight is 662 g/mol. The third kappa shape index (κ3) is 9.96. The van der Waals surface area contributed by atoms with Crippen molar-refractivity contribution in [3.63, 3.8) is 0 Å². The summed E-state index contributed by atoms with van der Waals surface area (Å²) < 4.78 is 51.0. The molecule has 1 amide bonds. The molecular formula is C32H39ClF3N7O3. The van der Waals surface area contributed by atoms with Crippen molar-refractivity contribution in [2.75, 3.05) is 56.7 Å². The van der Waals surface area contributed by atoms with Gasteiger partial charge in [-0.1, -0.05) is 11.6 Å². The summed E-state index contributed by atoms with van der Waals surface area (Å²) in [7, 11) is 2.10. The zero-order valence-electron chi connectivity index (χ0n) is 25.6. The Kier molecular flexibility index (Phi) is 12.1. The number of likely N-dealkylation sites (N-methyl/N-ethyl adjacent to an activating group) is 1. The normalized spacial score (nSPS) is 17.0. The number of anilines is 2. The first kappa shape index (κ1) is 34.8. The lowest BCUT2D eigenvalue weighted by Gasteiger charge is -2.34. The summed E-state index contributed by atoms with van der Waals surface area (Å²) in [6.07, 6.45) is -0.353. The fourth-order valence-electron chi connectivity index (χ4n) is 5.12. The van der Waals surface area contributed by atoms with E-state index in [9.17, 15) is 18.0 Å². The molecule has 2 fully saturated rings. The third-order valence-electron chi connectivity index (χ3n) is 7.69. The number of amidine groups is 1. The zero-order chi connectivity index (χ0) is 33.3. The van der Waals surface area contributed by atoms with Gasteiger partial charge >= 0.3 is 6.18 Å². The average Bonchev–Trinajstić information content (AvgIpc) is 3.01. The second-order valence-electron chi connectivity index (χ2n) is 11.2.